The summed E-state index contributed by atoms with van der Waals surface area (Å²) < 4.78 is 11.5. The van der Waals surface area contributed by atoms with Gasteiger partial charge in [0, 0.05) is 31.4 Å². The van der Waals surface area contributed by atoms with E-state index in [4.69, 9.17) is 9.47 Å². The molecule has 0 radical (unpaired) electrons. The summed E-state index contributed by atoms with van der Waals surface area (Å²) in [6, 6.07) is 14.8. The van der Waals surface area contributed by atoms with Crippen LogP contribution in [0, 0.1) is 0 Å². The van der Waals surface area contributed by atoms with E-state index in [0.29, 0.717) is 0 Å². The normalized spacial score (nSPS) is 22.2. The highest BCUT2D eigenvalue weighted by Crippen LogP contribution is 2.43. The smallest absolute Gasteiger partial charge is 0.137 e. The van der Waals surface area contributed by atoms with Gasteiger partial charge in [0.2, 0.25) is 0 Å². The largest absolute Gasteiger partial charge is 0.496 e. The van der Waals surface area contributed by atoms with Crippen LogP contribution in [0.5, 0.6) is 11.5 Å². The molecule has 2 aromatic rings. The number of piperidine rings is 1. The third kappa shape index (κ3) is 4.93. The second-order valence-corrected chi connectivity index (χ2v) is 8.97. The van der Waals surface area contributed by atoms with Gasteiger partial charge in [-0.2, -0.15) is 0 Å². The molecule has 4 rings (SSSR count). The minimum absolute atomic E-state index is 0.0671. The van der Waals surface area contributed by atoms with Crippen LogP contribution in [-0.4, -0.2) is 44.5 Å². The quantitative estimate of drug-likeness (QED) is 0.545. The van der Waals surface area contributed by atoms with Gasteiger partial charge in [-0.15, -0.1) is 0 Å². The number of carbonyl (C=O) groups excluding carboxylic acids is 1. The van der Waals surface area contributed by atoms with Gasteiger partial charge in [0.05, 0.1) is 25.8 Å². The lowest BCUT2D eigenvalue weighted by Crippen LogP contribution is -2.38. The van der Waals surface area contributed by atoms with Gasteiger partial charge in [0.25, 0.3) is 0 Å². The fraction of sp³-hybridized carbons (Fsp3) is 0.519. The molecule has 0 aliphatic carbocycles. The zero-order valence-electron chi connectivity index (χ0n) is 19.5. The van der Waals surface area contributed by atoms with Gasteiger partial charge in [0.15, 0.2) is 0 Å². The number of nitrogens with zero attached hydrogens (tertiary/aromatic N) is 2. The molecule has 2 aliphatic rings. The first-order valence-corrected chi connectivity index (χ1v) is 12.0. The van der Waals surface area contributed by atoms with Crippen LogP contribution >= 0.6 is 0 Å². The number of ether oxygens (including phenoxy) is 2. The molecule has 0 spiro atoms. The molecule has 5 nitrogen and oxygen atoms in total. The molecule has 5 heteroatoms. The summed E-state index contributed by atoms with van der Waals surface area (Å²) in [6.45, 7) is 2.99. The predicted molar refractivity (Wildman–Crippen MR) is 129 cm³/mol. The van der Waals surface area contributed by atoms with E-state index in [1.165, 1.54) is 30.5 Å². The first-order valence-electron chi connectivity index (χ1n) is 12.0. The maximum atomic E-state index is 12.2. The zero-order valence-corrected chi connectivity index (χ0v) is 19.5. The van der Waals surface area contributed by atoms with Gasteiger partial charge in [0.1, 0.15) is 17.8 Å². The minimum Gasteiger partial charge on any atom is -0.496 e. The van der Waals surface area contributed by atoms with Crippen molar-refractivity contribution in [2.45, 2.75) is 63.6 Å². The van der Waals surface area contributed by atoms with Gasteiger partial charge in [-0.05, 0) is 61.9 Å². The Morgan fingerprint density at radius 2 is 1.59 bits per heavy atom. The molecule has 0 amide bonds. The average Bonchev–Trinajstić information content (AvgIpc) is 3.06. The summed E-state index contributed by atoms with van der Waals surface area (Å²) in [5.74, 6) is 1.65. The Bertz CT molecular complexity index is 872. The van der Waals surface area contributed by atoms with Gasteiger partial charge in [-0.3, -0.25) is 4.90 Å². The van der Waals surface area contributed by atoms with Crippen molar-refractivity contribution in [3.05, 3.63) is 53.6 Å². The molecule has 0 N–H and O–H groups in total. The summed E-state index contributed by atoms with van der Waals surface area (Å²) >= 11 is 0. The summed E-state index contributed by atoms with van der Waals surface area (Å²) in [6.07, 6.45) is 9.00. The number of likely N-dealkylation sites (tertiary alicyclic amines) is 1. The number of methoxy groups -OCH3 is 2. The second-order valence-electron chi connectivity index (χ2n) is 8.97. The van der Waals surface area contributed by atoms with E-state index in [9.17, 15) is 4.79 Å². The van der Waals surface area contributed by atoms with Crippen molar-refractivity contribution in [1.82, 2.24) is 4.90 Å². The van der Waals surface area contributed by atoms with Crippen LogP contribution < -0.4 is 14.4 Å². The lowest BCUT2D eigenvalue weighted by molar-refractivity contribution is -0.113. The summed E-state index contributed by atoms with van der Waals surface area (Å²) in [4.78, 5) is 17.1. The van der Waals surface area contributed by atoms with Gasteiger partial charge in [-0.25, -0.2) is 0 Å². The molecular formula is C27H36N2O3. The van der Waals surface area contributed by atoms with Crippen molar-refractivity contribution >= 4 is 12.0 Å². The van der Waals surface area contributed by atoms with Crippen LogP contribution in [-0.2, 0) is 11.3 Å². The van der Waals surface area contributed by atoms with Crippen molar-refractivity contribution < 1.29 is 14.3 Å². The van der Waals surface area contributed by atoms with Gasteiger partial charge in [-0.1, -0.05) is 31.0 Å². The molecule has 2 atom stereocenters. The van der Waals surface area contributed by atoms with E-state index in [2.05, 4.69) is 34.1 Å². The highest BCUT2D eigenvalue weighted by atomic mass is 16.5. The maximum Gasteiger partial charge on any atom is 0.137 e. The molecule has 2 heterocycles. The molecule has 2 aromatic carbocycles. The molecule has 2 aliphatic heterocycles. The first kappa shape index (κ1) is 22.7. The van der Waals surface area contributed by atoms with Gasteiger partial charge < -0.3 is 19.2 Å². The lowest BCUT2D eigenvalue weighted by atomic mass is 9.97. The van der Waals surface area contributed by atoms with Crippen molar-refractivity contribution in [1.29, 1.82) is 0 Å². The number of hydrogen-bond donors (Lipinski definition) is 0. The van der Waals surface area contributed by atoms with Crippen molar-refractivity contribution in [3.8, 4) is 11.5 Å². The van der Waals surface area contributed by atoms with Crippen LogP contribution in [0.4, 0.5) is 5.69 Å². The highest BCUT2D eigenvalue weighted by Gasteiger charge is 2.33. The number of carbonyl (C=O) groups is 1. The minimum atomic E-state index is -0.115. The lowest BCUT2D eigenvalue weighted by Gasteiger charge is -2.36. The average molecular weight is 437 g/mol. The monoisotopic (exact) mass is 436 g/mol. The summed E-state index contributed by atoms with van der Waals surface area (Å²) in [5, 5.41) is 0. The SMILES string of the molecule is COc1cccc(OC)c1C1CCCCC(C=O)N1Cc1cccc(N2CCCCC2)c1. The molecular weight excluding hydrogens is 400 g/mol. The Hall–Kier alpha value is -2.53. The Morgan fingerprint density at radius 1 is 0.906 bits per heavy atom. The number of anilines is 1. The molecule has 32 heavy (non-hydrogen) atoms. The molecule has 2 fully saturated rings. The predicted octanol–water partition coefficient (Wildman–Crippen LogP) is 5.38. The number of rotatable bonds is 7. The van der Waals surface area contributed by atoms with E-state index >= 15 is 0 Å². The van der Waals surface area contributed by atoms with Crippen LogP contribution in [0.3, 0.4) is 0 Å². The van der Waals surface area contributed by atoms with E-state index < -0.39 is 0 Å². The molecule has 0 aromatic heterocycles. The molecule has 0 saturated carbocycles. The van der Waals surface area contributed by atoms with Crippen LogP contribution in [0.25, 0.3) is 0 Å². The van der Waals surface area contributed by atoms with Crippen molar-refractivity contribution in [2.75, 3.05) is 32.2 Å². The Morgan fingerprint density at radius 3 is 2.28 bits per heavy atom. The molecule has 2 saturated heterocycles. The third-order valence-electron chi connectivity index (χ3n) is 7.01. The number of hydrogen-bond acceptors (Lipinski definition) is 5. The van der Waals surface area contributed by atoms with E-state index in [0.717, 1.165) is 68.7 Å². The van der Waals surface area contributed by atoms with Crippen LogP contribution in [0.2, 0.25) is 0 Å². The molecule has 172 valence electrons. The van der Waals surface area contributed by atoms with Crippen LogP contribution in [0.15, 0.2) is 42.5 Å². The number of aldehydes is 1. The van der Waals surface area contributed by atoms with E-state index in [1.807, 2.05) is 18.2 Å². The molecule has 0 bridgehead atoms. The fourth-order valence-corrected chi connectivity index (χ4v) is 5.36. The Balaban J connectivity index is 1.68. The summed E-state index contributed by atoms with van der Waals surface area (Å²) in [7, 11) is 3.41. The third-order valence-corrected chi connectivity index (χ3v) is 7.01. The zero-order chi connectivity index (χ0) is 22.3. The van der Waals surface area contributed by atoms with Gasteiger partial charge >= 0.3 is 0 Å². The maximum absolute atomic E-state index is 12.2. The van der Waals surface area contributed by atoms with Crippen molar-refractivity contribution in [3.63, 3.8) is 0 Å². The molecule has 2 unspecified atom stereocenters. The Kier molecular flexibility index (Phi) is 7.69. The topological polar surface area (TPSA) is 42.0 Å². The number of benzene rings is 2. The van der Waals surface area contributed by atoms with Crippen molar-refractivity contribution in [2.24, 2.45) is 0 Å². The first-order chi connectivity index (χ1) is 15.7. The Labute approximate surface area is 192 Å². The second kappa shape index (κ2) is 10.9. The van der Waals surface area contributed by atoms with E-state index in [-0.39, 0.29) is 12.1 Å². The highest BCUT2D eigenvalue weighted by molar-refractivity contribution is 5.59. The fourth-order valence-electron chi connectivity index (χ4n) is 5.36. The summed E-state index contributed by atoms with van der Waals surface area (Å²) in [5.41, 5.74) is 3.60. The van der Waals surface area contributed by atoms with E-state index in [1.54, 1.807) is 14.2 Å². The standard InChI is InChI=1S/C27H36N2O3/c1-31-25-14-9-15-26(32-2)27(25)24-13-5-4-11-23(20-30)29(24)19-21-10-8-12-22(18-21)28-16-6-3-7-17-28/h8-10,12,14-15,18,20,23-24H,3-7,11,13,16-17,19H2,1-2H3. The van der Waals surface area contributed by atoms with Crippen LogP contribution in [0.1, 0.15) is 62.1 Å².